The van der Waals surface area contributed by atoms with Crippen molar-refractivity contribution in [2.75, 3.05) is 18.1 Å². The van der Waals surface area contributed by atoms with Crippen molar-refractivity contribution in [1.82, 2.24) is 10.6 Å². The molecule has 0 rings (SSSR count). The van der Waals surface area contributed by atoms with Gasteiger partial charge >= 0.3 is 30.1 Å². The first-order valence-corrected chi connectivity index (χ1v) is 11.8. The van der Waals surface area contributed by atoms with Gasteiger partial charge < -0.3 is 35.1 Å². The number of alkyl carbamates (subject to hydrolysis) is 2. The average molecular weight is 499 g/mol. The molecule has 0 aromatic rings. The first-order valence-electron chi connectivity index (χ1n) is 9.35. The second-order valence-corrected chi connectivity index (χ2v) is 10.9. The zero-order chi connectivity index (χ0) is 25.1. The van der Waals surface area contributed by atoms with Crippen LogP contribution in [0, 0.1) is 0 Å². The normalized spacial score (nSPS) is 13.3. The van der Waals surface area contributed by atoms with Gasteiger partial charge in [0.2, 0.25) is 0 Å². The molecule has 0 fully saturated rings. The first-order chi connectivity index (χ1) is 14.5. The van der Waals surface area contributed by atoms with Gasteiger partial charge in [-0.2, -0.15) is 0 Å². The van der Waals surface area contributed by atoms with Crippen LogP contribution in [0.1, 0.15) is 41.5 Å². The number of nitrogens with one attached hydrogen (secondary N) is 2. The predicted molar refractivity (Wildman–Crippen MR) is 117 cm³/mol. The van der Waals surface area contributed by atoms with E-state index >= 15 is 0 Å². The lowest BCUT2D eigenvalue weighted by atomic mass is 10.2. The maximum atomic E-state index is 12.1. The fraction of sp³-hybridized carbons (Fsp3) is 0.722. The fourth-order valence-electron chi connectivity index (χ4n) is 1.71. The van der Waals surface area contributed by atoms with Gasteiger partial charge in [0.25, 0.3) is 0 Å². The van der Waals surface area contributed by atoms with E-state index in [0.29, 0.717) is 0 Å². The van der Waals surface area contributed by atoms with E-state index in [9.17, 15) is 29.1 Å². The third kappa shape index (κ3) is 15.5. The van der Waals surface area contributed by atoms with Crippen LogP contribution in [0.25, 0.3) is 0 Å². The highest BCUT2D eigenvalue weighted by atomic mass is 33.1. The number of carboxylic acid groups (broad SMARTS) is 2. The number of esters is 1. The minimum atomic E-state index is -1.37. The standard InChI is InChI=1S/C18H30N2O10S2/c1-17(2,3)29-15(26)19-10(13(23)24)8-31-32-9-11(14(25)28-7-12(21)22)20-16(27)30-18(4,5)6/h10-11H,7-9H2,1-6H3,(H,19,26)(H,20,27)(H,21,22)(H,23,24)/t10-,11-/m0/s1. The first kappa shape index (κ1) is 29.7. The van der Waals surface area contributed by atoms with Gasteiger partial charge in [0, 0.05) is 11.5 Å². The molecule has 0 aromatic carbocycles. The number of rotatable bonds is 11. The highest BCUT2D eigenvalue weighted by Crippen LogP contribution is 2.24. The molecule has 12 nitrogen and oxygen atoms in total. The summed E-state index contributed by atoms with van der Waals surface area (Å²) in [4.78, 5) is 57.8. The molecular formula is C18H30N2O10S2. The van der Waals surface area contributed by atoms with Crippen molar-refractivity contribution >= 4 is 51.7 Å². The summed E-state index contributed by atoms with van der Waals surface area (Å²) in [6, 6.07) is -2.51. The number of hydrogen-bond acceptors (Lipinski definition) is 10. The molecule has 0 radical (unpaired) electrons. The maximum Gasteiger partial charge on any atom is 0.408 e. The molecule has 0 saturated carbocycles. The van der Waals surface area contributed by atoms with E-state index in [4.69, 9.17) is 14.6 Å². The second-order valence-electron chi connectivity index (χ2n) is 8.31. The van der Waals surface area contributed by atoms with E-state index in [0.717, 1.165) is 21.6 Å². The smallest absolute Gasteiger partial charge is 0.408 e. The summed E-state index contributed by atoms with van der Waals surface area (Å²) in [5.41, 5.74) is -1.63. The molecule has 0 saturated heterocycles. The van der Waals surface area contributed by atoms with Gasteiger partial charge in [-0.3, -0.25) is 0 Å². The Balaban J connectivity index is 4.86. The SMILES string of the molecule is CC(C)(C)OC(=O)N[C@@H](CSSC[C@H](NC(=O)OC(C)(C)C)C(=O)OCC(=O)O)C(=O)O. The molecule has 0 aliphatic heterocycles. The molecule has 32 heavy (non-hydrogen) atoms. The van der Waals surface area contributed by atoms with Gasteiger partial charge in [0.05, 0.1) is 0 Å². The topological polar surface area (TPSA) is 178 Å². The number of carboxylic acids is 2. The Kier molecular flexibility index (Phi) is 12.3. The molecule has 2 amide bonds. The predicted octanol–water partition coefficient (Wildman–Crippen LogP) is 1.87. The fourth-order valence-corrected chi connectivity index (χ4v) is 4.01. The van der Waals surface area contributed by atoms with Gasteiger partial charge in [-0.15, -0.1) is 0 Å². The van der Waals surface area contributed by atoms with Crippen LogP contribution in [-0.4, -0.2) is 81.7 Å². The maximum absolute atomic E-state index is 12.1. The Hall–Kier alpha value is -2.35. The van der Waals surface area contributed by atoms with Gasteiger partial charge in [-0.05, 0) is 41.5 Å². The molecule has 0 heterocycles. The van der Waals surface area contributed by atoms with Crippen molar-refractivity contribution in [3.05, 3.63) is 0 Å². The molecule has 0 bridgehead atoms. The quantitative estimate of drug-likeness (QED) is 0.141. The van der Waals surface area contributed by atoms with Crippen molar-refractivity contribution < 1.29 is 48.4 Å². The van der Waals surface area contributed by atoms with Gasteiger partial charge in [-0.25, -0.2) is 24.0 Å². The third-order valence-corrected chi connectivity index (χ3v) is 5.28. The molecule has 0 aliphatic carbocycles. The van der Waals surface area contributed by atoms with Crippen LogP contribution in [0.4, 0.5) is 9.59 Å². The summed E-state index contributed by atoms with van der Waals surface area (Å²) in [5, 5.41) is 22.5. The van der Waals surface area contributed by atoms with Crippen molar-refractivity contribution in [2.45, 2.75) is 64.8 Å². The Morgan fingerprint density at radius 3 is 1.56 bits per heavy atom. The summed E-state index contributed by atoms with van der Waals surface area (Å²) in [6.07, 6.45) is -1.80. The Morgan fingerprint density at radius 1 is 0.781 bits per heavy atom. The van der Waals surface area contributed by atoms with Crippen LogP contribution in [0.3, 0.4) is 0 Å². The van der Waals surface area contributed by atoms with E-state index < -0.39 is 60.0 Å². The lowest BCUT2D eigenvalue weighted by molar-refractivity contribution is -0.156. The molecule has 4 N–H and O–H groups in total. The summed E-state index contributed by atoms with van der Waals surface area (Å²) in [7, 11) is 2.02. The highest BCUT2D eigenvalue weighted by Gasteiger charge is 2.28. The van der Waals surface area contributed by atoms with E-state index in [-0.39, 0.29) is 11.5 Å². The lowest BCUT2D eigenvalue weighted by Crippen LogP contribution is -2.46. The van der Waals surface area contributed by atoms with E-state index in [1.807, 2.05) is 0 Å². The molecule has 14 heteroatoms. The number of amides is 2. The minimum Gasteiger partial charge on any atom is -0.480 e. The van der Waals surface area contributed by atoms with Crippen LogP contribution in [0.5, 0.6) is 0 Å². The number of ether oxygens (including phenoxy) is 3. The van der Waals surface area contributed by atoms with Crippen molar-refractivity contribution in [1.29, 1.82) is 0 Å². The molecule has 184 valence electrons. The highest BCUT2D eigenvalue weighted by molar-refractivity contribution is 8.76. The van der Waals surface area contributed by atoms with E-state index in [1.165, 1.54) is 0 Å². The number of aliphatic carboxylic acids is 2. The Bertz CT molecular complexity index is 688. The average Bonchev–Trinajstić information content (AvgIpc) is 2.57. The second kappa shape index (κ2) is 13.3. The molecule has 0 aromatic heterocycles. The number of carbonyl (C=O) groups excluding carboxylic acids is 3. The lowest BCUT2D eigenvalue weighted by Gasteiger charge is -2.23. The molecule has 2 atom stereocenters. The van der Waals surface area contributed by atoms with Crippen LogP contribution < -0.4 is 10.6 Å². The van der Waals surface area contributed by atoms with E-state index in [2.05, 4.69) is 15.4 Å². The van der Waals surface area contributed by atoms with E-state index in [1.54, 1.807) is 41.5 Å². The molecule has 0 unspecified atom stereocenters. The summed E-state index contributed by atoms with van der Waals surface area (Å²) < 4.78 is 14.7. The van der Waals surface area contributed by atoms with Crippen LogP contribution in [0.2, 0.25) is 0 Å². The largest absolute Gasteiger partial charge is 0.480 e. The summed E-state index contributed by atoms with van der Waals surface area (Å²) in [5.74, 6) is -3.81. The van der Waals surface area contributed by atoms with Crippen molar-refractivity contribution in [2.24, 2.45) is 0 Å². The Labute approximate surface area is 193 Å². The van der Waals surface area contributed by atoms with Crippen LogP contribution >= 0.6 is 21.6 Å². The third-order valence-electron chi connectivity index (χ3n) is 2.86. The molecular weight excluding hydrogens is 468 g/mol. The van der Waals surface area contributed by atoms with Crippen molar-refractivity contribution in [3.8, 4) is 0 Å². The minimum absolute atomic E-state index is 0.0808. The van der Waals surface area contributed by atoms with Gasteiger partial charge in [0.15, 0.2) is 6.61 Å². The Morgan fingerprint density at radius 2 is 1.19 bits per heavy atom. The summed E-state index contributed by atoms with van der Waals surface area (Å²) in [6.45, 7) is 8.89. The van der Waals surface area contributed by atoms with Gasteiger partial charge in [0.1, 0.15) is 23.3 Å². The summed E-state index contributed by atoms with van der Waals surface area (Å²) >= 11 is 0. The van der Waals surface area contributed by atoms with Crippen LogP contribution in [-0.2, 0) is 28.6 Å². The monoisotopic (exact) mass is 498 g/mol. The number of carbonyl (C=O) groups is 5. The van der Waals surface area contributed by atoms with Crippen LogP contribution in [0.15, 0.2) is 0 Å². The number of hydrogen-bond donors (Lipinski definition) is 4. The zero-order valence-corrected chi connectivity index (χ0v) is 20.4. The molecule has 0 spiro atoms. The van der Waals surface area contributed by atoms with Gasteiger partial charge in [-0.1, -0.05) is 21.6 Å². The van der Waals surface area contributed by atoms with Crippen molar-refractivity contribution in [3.63, 3.8) is 0 Å². The zero-order valence-electron chi connectivity index (χ0n) is 18.8. The molecule has 0 aliphatic rings.